The third-order valence-electron chi connectivity index (χ3n) is 2.67. The molecule has 0 saturated carbocycles. The van der Waals surface area contributed by atoms with Gasteiger partial charge in [0, 0.05) is 0 Å². The van der Waals surface area contributed by atoms with Crippen molar-refractivity contribution in [2.75, 3.05) is 6.61 Å². The number of benzene rings is 2. The van der Waals surface area contributed by atoms with Gasteiger partial charge in [0.15, 0.2) is 0 Å². The first-order chi connectivity index (χ1) is 8.20. The van der Waals surface area contributed by atoms with E-state index in [1.807, 2.05) is 44.2 Å². The average molecular weight is 228 g/mol. The standard InChI is InChI=1S/C15H16O2/c1-3-17-14-6-4-5-12(10-14)15-8-7-13(16)9-11(15)2/h4-10,16H,3H2,1-2H3. The van der Waals surface area contributed by atoms with Crippen molar-refractivity contribution in [1.29, 1.82) is 0 Å². The lowest BCUT2D eigenvalue weighted by Crippen LogP contribution is -1.91. The molecule has 2 aromatic carbocycles. The molecule has 0 atom stereocenters. The van der Waals surface area contributed by atoms with Crippen LogP contribution in [0.2, 0.25) is 0 Å². The highest BCUT2D eigenvalue weighted by molar-refractivity contribution is 5.69. The van der Waals surface area contributed by atoms with Gasteiger partial charge >= 0.3 is 0 Å². The molecule has 2 nitrogen and oxygen atoms in total. The number of phenols is 1. The Bertz CT molecular complexity index is 518. The Kier molecular flexibility index (Phi) is 3.33. The van der Waals surface area contributed by atoms with Crippen LogP contribution in [0.4, 0.5) is 0 Å². The minimum atomic E-state index is 0.298. The molecule has 0 amide bonds. The van der Waals surface area contributed by atoms with Crippen LogP contribution in [0.15, 0.2) is 42.5 Å². The Labute approximate surface area is 101 Å². The van der Waals surface area contributed by atoms with Crippen molar-refractivity contribution in [3.8, 4) is 22.6 Å². The zero-order valence-corrected chi connectivity index (χ0v) is 10.1. The molecular weight excluding hydrogens is 212 g/mol. The van der Waals surface area contributed by atoms with E-state index in [-0.39, 0.29) is 0 Å². The van der Waals surface area contributed by atoms with Gasteiger partial charge in [-0.25, -0.2) is 0 Å². The lowest BCUT2D eigenvalue weighted by molar-refractivity contribution is 0.340. The number of hydrogen-bond donors (Lipinski definition) is 1. The van der Waals surface area contributed by atoms with Crippen LogP contribution >= 0.6 is 0 Å². The maximum atomic E-state index is 9.40. The van der Waals surface area contributed by atoms with Gasteiger partial charge in [-0.05, 0) is 54.8 Å². The molecule has 0 radical (unpaired) electrons. The van der Waals surface area contributed by atoms with Crippen LogP contribution < -0.4 is 4.74 Å². The maximum absolute atomic E-state index is 9.40. The van der Waals surface area contributed by atoms with Crippen LogP contribution in [-0.2, 0) is 0 Å². The molecule has 0 heterocycles. The predicted octanol–water partition coefficient (Wildman–Crippen LogP) is 3.77. The van der Waals surface area contributed by atoms with Crippen LogP contribution in [-0.4, -0.2) is 11.7 Å². The lowest BCUT2D eigenvalue weighted by Gasteiger charge is -2.09. The fourth-order valence-corrected chi connectivity index (χ4v) is 1.89. The number of phenolic OH excluding ortho intramolecular Hbond substituents is 1. The largest absolute Gasteiger partial charge is 0.508 e. The second-order valence-electron chi connectivity index (χ2n) is 3.96. The fraction of sp³-hybridized carbons (Fsp3) is 0.200. The van der Waals surface area contributed by atoms with Gasteiger partial charge in [-0.2, -0.15) is 0 Å². The van der Waals surface area contributed by atoms with Gasteiger partial charge in [0.1, 0.15) is 11.5 Å². The van der Waals surface area contributed by atoms with Crippen molar-refractivity contribution in [2.45, 2.75) is 13.8 Å². The molecule has 0 aliphatic rings. The van der Waals surface area contributed by atoms with E-state index in [9.17, 15) is 5.11 Å². The Balaban J connectivity index is 2.42. The molecule has 0 aliphatic heterocycles. The number of hydrogen-bond acceptors (Lipinski definition) is 2. The minimum absolute atomic E-state index is 0.298. The van der Waals surface area contributed by atoms with Crippen LogP contribution in [0.3, 0.4) is 0 Å². The van der Waals surface area contributed by atoms with E-state index < -0.39 is 0 Å². The highest BCUT2D eigenvalue weighted by Gasteiger charge is 2.03. The number of rotatable bonds is 3. The molecule has 0 fully saturated rings. The monoisotopic (exact) mass is 228 g/mol. The molecule has 17 heavy (non-hydrogen) atoms. The van der Waals surface area contributed by atoms with Gasteiger partial charge < -0.3 is 9.84 Å². The number of aryl methyl sites for hydroxylation is 1. The topological polar surface area (TPSA) is 29.5 Å². The van der Waals surface area contributed by atoms with Crippen molar-refractivity contribution in [3.63, 3.8) is 0 Å². The van der Waals surface area contributed by atoms with E-state index in [2.05, 4.69) is 0 Å². The normalized spacial score (nSPS) is 10.2. The summed E-state index contributed by atoms with van der Waals surface area (Å²) in [5.74, 6) is 1.17. The minimum Gasteiger partial charge on any atom is -0.508 e. The van der Waals surface area contributed by atoms with E-state index in [4.69, 9.17) is 4.74 Å². The molecule has 0 aliphatic carbocycles. The zero-order chi connectivity index (χ0) is 12.3. The average Bonchev–Trinajstić information content (AvgIpc) is 2.29. The van der Waals surface area contributed by atoms with E-state index in [0.717, 1.165) is 22.4 Å². The lowest BCUT2D eigenvalue weighted by atomic mass is 10.0. The quantitative estimate of drug-likeness (QED) is 0.866. The summed E-state index contributed by atoms with van der Waals surface area (Å²) in [7, 11) is 0. The van der Waals surface area contributed by atoms with Gasteiger partial charge in [-0.1, -0.05) is 18.2 Å². The van der Waals surface area contributed by atoms with Crippen LogP contribution in [0.1, 0.15) is 12.5 Å². The summed E-state index contributed by atoms with van der Waals surface area (Å²) in [5.41, 5.74) is 3.27. The van der Waals surface area contributed by atoms with Crippen molar-refractivity contribution in [3.05, 3.63) is 48.0 Å². The molecular formula is C15H16O2. The third kappa shape index (κ3) is 2.59. The summed E-state index contributed by atoms with van der Waals surface area (Å²) in [6, 6.07) is 13.4. The van der Waals surface area contributed by atoms with E-state index in [0.29, 0.717) is 12.4 Å². The molecule has 0 saturated heterocycles. The molecule has 1 N–H and O–H groups in total. The predicted molar refractivity (Wildman–Crippen MR) is 69.4 cm³/mol. The van der Waals surface area contributed by atoms with E-state index in [1.165, 1.54) is 0 Å². The molecule has 0 aromatic heterocycles. The molecule has 0 bridgehead atoms. The van der Waals surface area contributed by atoms with Crippen LogP contribution in [0, 0.1) is 6.92 Å². The first-order valence-corrected chi connectivity index (χ1v) is 5.73. The number of aromatic hydroxyl groups is 1. The molecule has 2 aromatic rings. The third-order valence-corrected chi connectivity index (χ3v) is 2.67. The van der Waals surface area contributed by atoms with Gasteiger partial charge in [0.2, 0.25) is 0 Å². The molecule has 0 spiro atoms. The first kappa shape index (κ1) is 11.5. The Morgan fingerprint density at radius 1 is 1.12 bits per heavy atom. The molecule has 0 unspecified atom stereocenters. The maximum Gasteiger partial charge on any atom is 0.119 e. The summed E-state index contributed by atoms with van der Waals surface area (Å²) >= 11 is 0. The smallest absolute Gasteiger partial charge is 0.119 e. The van der Waals surface area contributed by atoms with Crippen molar-refractivity contribution in [1.82, 2.24) is 0 Å². The first-order valence-electron chi connectivity index (χ1n) is 5.73. The second kappa shape index (κ2) is 4.91. The highest BCUT2D eigenvalue weighted by atomic mass is 16.5. The van der Waals surface area contributed by atoms with E-state index in [1.54, 1.807) is 12.1 Å². The molecule has 2 rings (SSSR count). The molecule has 2 heteroatoms. The Morgan fingerprint density at radius 3 is 2.65 bits per heavy atom. The summed E-state index contributed by atoms with van der Waals surface area (Å²) in [4.78, 5) is 0. The number of ether oxygens (including phenoxy) is 1. The summed E-state index contributed by atoms with van der Waals surface area (Å²) in [6.45, 7) is 4.62. The second-order valence-corrected chi connectivity index (χ2v) is 3.96. The Morgan fingerprint density at radius 2 is 1.94 bits per heavy atom. The van der Waals surface area contributed by atoms with Gasteiger partial charge in [-0.3, -0.25) is 0 Å². The zero-order valence-electron chi connectivity index (χ0n) is 10.1. The Hall–Kier alpha value is -1.96. The van der Waals surface area contributed by atoms with Gasteiger partial charge in [-0.15, -0.1) is 0 Å². The van der Waals surface area contributed by atoms with Crippen LogP contribution in [0.25, 0.3) is 11.1 Å². The van der Waals surface area contributed by atoms with Crippen molar-refractivity contribution in [2.24, 2.45) is 0 Å². The SMILES string of the molecule is CCOc1cccc(-c2ccc(O)cc2C)c1. The summed E-state index contributed by atoms with van der Waals surface area (Å²) < 4.78 is 5.48. The van der Waals surface area contributed by atoms with Gasteiger partial charge in [0.25, 0.3) is 0 Å². The van der Waals surface area contributed by atoms with Crippen molar-refractivity contribution >= 4 is 0 Å². The van der Waals surface area contributed by atoms with Gasteiger partial charge in [0.05, 0.1) is 6.61 Å². The summed E-state index contributed by atoms with van der Waals surface area (Å²) in [6.07, 6.45) is 0. The molecule has 88 valence electrons. The van der Waals surface area contributed by atoms with Crippen molar-refractivity contribution < 1.29 is 9.84 Å². The van der Waals surface area contributed by atoms with Crippen LogP contribution in [0.5, 0.6) is 11.5 Å². The fourth-order valence-electron chi connectivity index (χ4n) is 1.89. The highest BCUT2D eigenvalue weighted by Crippen LogP contribution is 2.28. The summed E-state index contributed by atoms with van der Waals surface area (Å²) in [5, 5.41) is 9.40. The van der Waals surface area contributed by atoms with E-state index >= 15 is 0 Å².